The minimum atomic E-state index is -4.10. The van der Waals surface area contributed by atoms with Gasteiger partial charge in [-0.2, -0.15) is 8.42 Å². The van der Waals surface area contributed by atoms with Gasteiger partial charge in [0.15, 0.2) is 5.58 Å². The fourth-order valence-corrected chi connectivity index (χ4v) is 4.54. The fraction of sp³-hybridized carbons (Fsp3) is 0.333. The molecule has 8 nitrogen and oxygen atoms in total. The summed E-state index contributed by atoms with van der Waals surface area (Å²) >= 11 is 0. The van der Waals surface area contributed by atoms with Crippen LogP contribution in [0.25, 0.3) is 11.0 Å². The number of rotatable bonds is 6. The predicted octanol–water partition coefficient (Wildman–Crippen LogP) is 3.02. The molecule has 1 aliphatic rings. The molecule has 2 heterocycles. The molecule has 0 aliphatic carbocycles. The van der Waals surface area contributed by atoms with Crippen LogP contribution >= 0.6 is 0 Å². The van der Waals surface area contributed by atoms with E-state index >= 15 is 0 Å². The normalized spacial score (nSPS) is 17.2. The Kier molecular flexibility index (Phi) is 5.48. The molecule has 2 aromatic carbocycles. The molecule has 9 heteroatoms. The van der Waals surface area contributed by atoms with Gasteiger partial charge in [0.2, 0.25) is 0 Å². The number of anilines is 1. The number of fused-ring (bicyclic) bond motifs is 1. The van der Waals surface area contributed by atoms with Crippen molar-refractivity contribution in [3.8, 4) is 17.2 Å². The zero-order valence-electron chi connectivity index (χ0n) is 17.0. The van der Waals surface area contributed by atoms with Crippen LogP contribution in [-0.2, 0) is 10.1 Å². The molecule has 160 valence electrons. The van der Waals surface area contributed by atoms with Gasteiger partial charge in [0.1, 0.15) is 22.1 Å². The summed E-state index contributed by atoms with van der Waals surface area (Å²) in [5, 5.41) is 4.08. The van der Waals surface area contributed by atoms with E-state index in [4.69, 9.17) is 18.1 Å². The minimum Gasteiger partial charge on any atom is -0.496 e. The van der Waals surface area contributed by atoms with Gasteiger partial charge < -0.3 is 28.3 Å². The van der Waals surface area contributed by atoms with Crippen LogP contribution in [0.1, 0.15) is 6.92 Å². The summed E-state index contributed by atoms with van der Waals surface area (Å²) < 4.78 is 47.7. The molecule has 0 spiro atoms. The second-order valence-electron chi connectivity index (χ2n) is 7.17. The van der Waals surface area contributed by atoms with Crippen LogP contribution in [0.3, 0.4) is 0 Å². The highest BCUT2D eigenvalue weighted by Gasteiger charge is 2.25. The lowest BCUT2D eigenvalue weighted by Gasteiger charge is -2.33. The average Bonchev–Trinajstić information content (AvgIpc) is 3.21. The molecule has 1 aliphatic heterocycles. The lowest BCUT2D eigenvalue weighted by Crippen LogP contribution is -2.49. The molecule has 3 aromatic rings. The lowest BCUT2D eigenvalue weighted by atomic mass is 10.1. The van der Waals surface area contributed by atoms with E-state index in [0.717, 1.165) is 25.3 Å². The van der Waals surface area contributed by atoms with Crippen LogP contribution in [0, 0.1) is 0 Å². The quantitative estimate of drug-likeness (QED) is 0.595. The Bertz CT molecular complexity index is 1140. The van der Waals surface area contributed by atoms with E-state index in [9.17, 15) is 8.42 Å². The van der Waals surface area contributed by atoms with Crippen LogP contribution in [-0.4, -0.2) is 48.3 Å². The zero-order chi connectivity index (χ0) is 21.3. The summed E-state index contributed by atoms with van der Waals surface area (Å²) in [5.74, 6) is 0.969. The van der Waals surface area contributed by atoms with Gasteiger partial charge in [0.05, 0.1) is 26.2 Å². The maximum Gasteiger partial charge on any atom is 0.339 e. The first-order chi connectivity index (χ1) is 14.4. The van der Waals surface area contributed by atoms with Crippen molar-refractivity contribution in [3.63, 3.8) is 0 Å². The first-order valence-electron chi connectivity index (χ1n) is 9.57. The minimum absolute atomic E-state index is 0.0550. The van der Waals surface area contributed by atoms with Gasteiger partial charge in [-0.25, -0.2) is 0 Å². The van der Waals surface area contributed by atoms with Gasteiger partial charge in [-0.15, -0.1) is 0 Å². The summed E-state index contributed by atoms with van der Waals surface area (Å²) in [4.78, 5) is 2.18. The number of nitrogens with zero attached hydrogens (tertiary/aromatic N) is 1. The average molecular weight is 432 g/mol. The Hall–Kier alpha value is -2.91. The fourth-order valence-electron chi connectivity index (χ4n) is 3.57. The van der Waals surface area contributed by atoms with Crippen molar-refractivity contribution in [2.24, 2.45) is 0 Å². The van der Waals surface area contributed by atoms with Crippen LogP contribution < -0.4 is 23.9 Å². The van der Waals surface area contributed by atoms with Gasteiger partial charge in [-0.1, -0.05) is 0 Å². The van der Waals surface area contributed by atoms with Crippen LogP contribution in [0.5, 0.6) is 17.2 Å². The SMILES string of the molecule is COc1cc(OC)cc(OS(=O)(=O)c2cc(N3CCNC(C)C3)c3occc3c2)c1. The number of methoxy groups -OCH3 is 2. The molecule has 0 saturated carbocycles. The smallest absolute Gasteiger partial charge is 0.339 e. The molecule has 1 unspecified atom stereocenters. The third kappa shape index (κ3) is 4.03. The van der Waals surface area contributed by atoms with E-state index in [-0.39, 0.29) is 16.7 Å². The first-order valence-corrected chi connectivity index (χ1v) is 11.0. The van der Waals surface area contributed by atoms with Gasteiger partial charge in [0.25, 0.3) is 0 Å². The summed E-state index contributed by atoms with van der Waals surface area (Å²) in [6.45, 7) is 4.39. The Morgan fingerprint density at radius 3 is 2.43 bits per heavy atom. The van der Waals surface area contributed by atoms with Gasteiger partial charge >= 0.3 is 10.1 Å². The molecule has 1 aromatic heterocycles. The van der Waals surface area contributed by atoms with E-state index < -0.39 is 10.1 Å². The number of nitrogens with one attached hydrogen (secondary N) is 1. The number of furan rings is 1. The highest BCUT2D eigenvalue weighted by atomic mass is 32.2. The Balaban J connectivity index is 1.73. The van der Waals surface area contributed by atoms with E-state index in [1.807, 2.05) is 0 Å². The molecule has 4 rings (SSSR count). The number of benzene rings is 2. The summed E-state index contributed by atoms with van der Waals surface area (Å²) in [7, 11) is -1.13. The standard InChI is InChI=1S/C21H24N2O6S/c1-14-13-23(6-5-22-14)20-12-19(8-15-4-7-28-21(15)20)30(24,25)29-18-10-16(26-2)9-17(11-18)27-3/h4,7-12,14,22H,5-6,13H2,1-3H3. The highest BCUT2D eigenvalue weighted by molar-refractivity contribution is 7.87. The maximum absolute atomic E-state index is 13.1. The topological polar surface area (TPSA) is 90.2 Å². The molecule has 1 fully saturated rings. The van der Waals surface area contributed by atoms with Crippen molar-refractivity contribution >= 4 is 26.8 Å². The third-order valence-corrected chi connectivity index (χ3v) is 6.26. The molecule has 1 N–H and O–H groups in total. The van der Waals surface area contributed by atoms with Crippen molar-refractivity contribution in [1.82, 2.24) is 5.32 Å². The molecule has 0 bridgehead atoms. The maximum atomic E-state index is 13.1. The van der Waals surface area contributed by atoms with E-state index in [2.05, 4.69) is 17.1 Å². The lowest BCUT2D eigenvalue weighted by molar-refractivity contribution is 0.390. The largest absolute Gasteiger partial charge is 0.496 e. The Labute approximate surface area is 175 Å². The number of piperazine rings is 1. The molecule has 1 atom stereocenters. The van der Waals surface area contributed by atoms with E-state index in [1.54, 1.807) is 30.5 Å². The molecule has 0 radical (unpaired) electrons. The second-order valence-corrected chi connectivity index (χ2v) is 8.71. The van der Waals surface area contributed by atoms with Crippen LogP contribution in [0.2, 0.25) is 0 Å². The molecular formula is C21H24N2O6S. The highest BCUT2D eigenvalue weighted by Crippen LogP contribution is 2.34. The van der Waals surface area contributed by atoms with Crippen molar-refractivity contribution in [2.75, 3.05) is 38.8 Å². The first kappa shape index (κ1) is 20.4. The number of hydrogen-bond acceptors (Lipinski definition) is 8. The second kappa shape index (κ2) is 8.08. The van der Waals surface area contributed by atoms with E-state index in [1.165, 1.54) is 26.4 Å². The molecule has 30 heavy (non-hydrogen) atoms. The van der Waals surface area contributed by atoms with Gasteiger partial charge in [0, 0.05) is 49.3 Å². The summed E-state index contributed by atoms with van der Waals surface area (Å²) in [6.07, 6.45) is 1.56. The van der Waals surface area contributed by atoms with Crippen molar-refractivity contribution in [2.45, 2.75) is 17.9 Å². The monoisotopic (exact) mass is 432 g/mol. The molecule has 0 amide bonds. The zero-order valence-corrected chi connectivity index (χ0v) is 17.9. The van der Waals surface area contributed by atoms with Gasteiger partial charge in [-0.3, -0.25) is 0 Å². The number of ether oxygens (including phenoxy) is 2. The Morgan fingerprint density at radius 2 is 1.77 bits per heavy atom. The van der Waals surface area contributed by atoms with Crippen molar-refractivity contribution in [3.05, 3.63) is 42.7 Å². The van der Waals surface area contributed by atoms with Crippen LogP contribution in [0.4, 0.5) is 5.69 Å². The molecular weight excluding hydrogens is 408 g/mol. The summed E-state index contributed by atoms with van der Waals surface area (Å²) in [6, 6.07) is 9.82. The van der Waals surface area contributed by atoms with Crippen molar-refractivity contribution < 1.29 is 26.5 Å². The third-order valence-electron chi connectivity index (χ3n) is 5.03. The van der Waals surface area contributed by atoms with Crippen LogP contribution in [0.15, 0.2) is 52.0 Å². The van der Waals surface area contributed by atoms with E-state index in [0.29, 0.717) is 22.5 Å². The molecule has 1 saturated heterocycles. The number of hydrogen-bond donors (Lipinski definition) is 1. The summed E-state index contributed by atoms with van der Waals surface area (Å²) in [5.41, 5.74) is 1.39. The van der Waals surface area contributed by atoms with Gasteiger partial charge in [-0.05, 0) is 25.1 Å². The predicted molar refractivity (Wildman–Crippen MR) is 113 cm³/mol. The Morgan fingerprint density at radius 1 is 1.07 bits per heavy atom. The van der Waals surface area contributed by atoms with Crippen molar-refractivity contribution in [1.29, 1.82) is 0 Å².